The summed E-state index contributed by atoms with van der Waals surface area (Å²) in [6.07, 6.45) is 0. The van der Waals surface area contributed by atoms with Crippen molar-refractivity contribution < 1.29 is 13.6 Å². The zero-order valence-electron chi connectivity index (χ0n) is 16.7. The van der Waals surface area contributed by atoms with E-state index >= 15 is 0 Å². The first-order chi connectivity index (χ1) is 13.5. The van der Waals surface area contributed by atoms with Gasteiger partial charge in [0.1, 0.15) is 0 Å². The molecule has 0 aliphatic heterocycles. The number of benzene rings is 3. The minimum absolute atomic E-state index is 0.300. The van der Waals surface area contributed by atoms with Gasteiger partial charge in [0.05, 0.1) is 13.2 Å². The standard InChI is InChI=1S/C23H24NO3P/c1-5-26-28(25,27-6-2)23-15(3)21-19-13-9-7-11-17(19)18-12-8-10-14-20(18)22(21)16(4)24-23/h7-14H,5-6H2,1-4H3. The number of aromatic nitrogens is 1. The highest BCUT2D eigenvalue weighted by atomic mass is 31.2. The molecule has 0 saturated heterocycles. The number of nitrogens with zero attached hydrogens (tertiary/aromatic N) is 1. The van der Waals surface area contributed by atoms with Crippen LogP contribution in [0.1, 0.15) is 25.1 Å². The first-order valence-electron chi connectivity index (χ1n) is 9.61. The summed E-state index contributed by atoms with van der Waals surface area (Å²) < 4.78 is 24.7. The molecule has 1 heterocycles. The van der Waals surface area contributed by atoms with Crippen molar-refractivity contribution in [2.24, 2.45) is 0 Å². The van der Waals surface area contributed by atoms with Crippen molar-refractivity contribution in [1.82, 2.24) is 4.98 Å². The summed E-state index contributed by atoms with van der Waals surface area (Å²) in [7, 11) is -3.49. The minimum Gasteiger partial charge on any atom is -0.304 e. The Balaban J connectivity index is 2.23. The third-order valence-electron chi connectivity index (χ3n) is 5.14. The Kier molecular flexibility index (Phi) is 4.96. The molecule has 4 aromatic rings. The average Bonchev–Trinajstić information content (AvgIpc) is 2.70. The van der Waals surface area contributed by atoms with Crippen molar-refractivity contribution >= 4 is 45.3 Å². The van der Waals surface area contributed by atoms with Gasteiger partial charge < -0.3 is 9.05 Å². The van der Waals surface area contributed by atoms with Crippen LogP contribution in [0, 0.1) is 13.8 Å². The van der Waals surface area contributed by atoms with Gasteiger partial charge in [-0.3, -0.25) is 4.57 Å². The Bertz CT molecular complexity index is 1240. The third-order valence-corrected chi connectivity index (χ3v) is 7.29. The van der Waals surface area contributed by atoms with Gasteiger partial charge in [0, 0.05) is 11.1 Å². The molecule has 1 aromatic heterocycles. The summed E-state index contributed by atoms with van der Waals surface area (Å²) >= 11 is 0. The molecule has 0 fully saturated rings. The molecule has 4 rings (SSSR count). The molecule has 0 aliphatic carbocycles. The quantitative estimate of drug-likeness (QED) is 0.306. The van der Waals surface area contributed by atoms with Crippen molar-refractivity contribution in [3.05, 3.63) is 59.8 Å². The van der Waals surface area contributed by atoms with Gasteiger partial charge in [-0.15, -0.1) is 0 Å². The second-order valence-corrected chi connectivity index (χ2v) is 8.75. The molecule has 0 radical (unpaired) electrons. The maximum Gasteiger partial charge on any atom is 0.379 e. The van der Waals surface area contributed by atoms with Crippen molar-refractivity contribution in [3.8, 4) is 0 Å². The van der Waals surface area contributed by atoms with E-state index in [1.807, 2.05) is 39.8 Å². The van der Waals surface area contributed by atoms with E-state index in [0.29, 0.717) is 18.6 Å². The molecule has 3 aromatic carbocycles. The van der Waals surface area contributed by atoms with Crippen LogP contribution < -0.4 is 5.44 Å². The fraction of sp³-hybridized carbons (Fsp3) is 0.261. The summed E-state index contributed by atoms with van der Waals surface area (Å²) in [6, 6.07) is 16.7. The SMILES string of the molecule is CCOP(=O)(OCC)c1nc(C)c2c3ccccc3c3ccccc3c2c1C. The van der Waals surface area contributed by atoms with E-state index in [2.05, 4.69) is 36.4 Å². The Morgan fingerprint density at radius 1 is 0.786 bits per heavy atom. The molecular formula is C23H24NO3P. The number of hydrogen-bond acceptors (Lipinski definition) is 4. The van der Waals surface area contributed by atoms with E-state index in [9.17, 15) is 4.57 Å². The Labute approximate surface area is 165 Å². The maximum absolute atomic E-state index is 13.5. The predicted octanol–water partition coefficient (Wildman–Crippen LogP) is 6.05. The van der Waals surface area contributed by atoms with Crippen LogP contribution in [0.15, 0.2) is 48.5 Å². The van der Waals surface area contributed by atoms with Crippen LogP contribution in [0.25, 0.3) is 32.3 Å². The minimum atomic E-state index is -3.49. The van der Waals surface area contributed by atoms with Crippen LogP contribution in [0.4, 0.5) is 0 Å². The maximum atomic E-state index is 13.5. The normalized spacial score (nSPS) is 12.3. The molecule has 0 amide bonds. The van der Waals surface area contributed by atoms with Crippen LogP contribution in [0.3, 0.4) is 0 Å². The lowest BCUT2D eigenvalue weighted by Gasteiger charge is -2.21. The fourth-order valence-electron chi connectivity index (χ4n) is 4.08. The highest BCUT2D eigenvalue weighted by molar-refractivity contribution is 7.62. The molecule has 5 heteroatoms. The van der Waals surface area contributed by atoms with Gasteiger partial charge in [0.15, 0.2) is 5.44 Å². The lowest BCUT2D eigenvalue weighted by molar-refractivity contribution is 0.229. The first kappa shape index (κ1) is 19.1. The number of aryl methyl sites for hydroxylation is 2. The second kappa shape index (κ2) is 7.29. The lowest BCUT2D eigenvalue weighted by Crippen LogP contribution is -2.19. The lowest BCUT2D eigenvalue weighted by atomic mass is 9.92. The van der Waals surface area contributed by atoms with Gasteiger partial charge in [-0.25, -0.2) is 4.98 Å². The molecule has 0 N–H and O–H groups in total. The van der Waals surface area contributed by atoms with Gasteiger partial charge in [-0.05, 0) is 60.2 Å². The first-order valence-corrected chi connectivity index (χ1v) is 11.2. The van der Waals surface area contributed by atoms with Crippen LogP contribution >= 0.6 is 7.60 Å². The highest BCUT2D eigenvalue weighted by Gasteiger charge is 2.32. The fourth-order valence-corrected chi connectivity index (χ4v) is 5.88. The average molecular weight is 393 g/mol. The van der Waals surface area contributed by atoms with E-state index in [1.54, 1.807) is 0 Å². The zero-order chi connectivity index (χ0) is 19.9. The molecule has 0 aliphatic rings. The van der Waals surface area contributed by atoms with E-state index < -0.39 is 7.60 Å². The molecular weight excluding hydrogens is 369 g/mol. The molecule has 28 heavy (non-hydrogen) atoms. The number of hydrogen-bond donors (Lipinski definition) is 0. The van der Waals surface area contributed by atoms with E-state index in [-0.39, 0.29) is 0 Å². The van der Waals surface area contributed by atoms with E-state index in [4.69, 9.17) is 14.0 Å². The van der Waals surface area contributed by atoms with Crippen LogP contribution in [-0.2, 0) is 13.6 Å². The van der Waals surface area contributed by atoms with Crippen molar-refractivity contribution in [2.75, 3.05) is 13.2 Å². The summed E-state index contributed by atoms with van der Waals surface area (Å²) in [5.74, 6) is 0. The summed E-state index contributed by atoms with van der Waals surface area (Å²) in [5, 5.41) is 6.80. The monoisotopic (exact) mass is 393 g/mol. The van der Waals surface area contributed by atoms with Crippen LogP contribution in [-0.4, -0.2) is 18.2 Å². The van der Waals surface area contributed by atoms with Gasteiger partial charge in [0.25, 0.3) is 0 Å². The highest BCUT2D eigenvalue weighted by Crippen LogP contribution is 2.49. The van der Waals surface area contributed by atoms with Gasteiger partial charge in [0.2, 0.25) is 0 Å². The molecule has 0 atom stereocenters. The Morgan fingerprint density at radius 3 is 1.75 bits per heavy atom. The second-order valence-electron chi connectivity index (χ2n) is 6.82. The zero-order valence-corrected chi connectivity index (χ0v) is 17.5. The van der Waals surface area contributed by atoms with Crippen molar-refractivity contribution in [1.29, 1.82) is 0 Å². The van der Waals surface area contributed by atoms with Crippen molar-refractivity contribution in [2.45, 2.75) is 27.7 Å². The Hall–Kier alpha value is -2.26. The number of pyridine rings is 1. The van der Waals surface area contributed by atoms with Crippen molar-refractivity contribution in [3.63, 3.8) is 0 Å². The number of fused-ring (bicyclic) bond motifs is 6. The summed E-state index contributed by atoms with van der Waals surface area (Å²) in [6.45, 7) is 8.17. The van der Waals surface area contributed by atoms with Gasteiger partial charge in [-0.1, -0.05) is 48.5 Å². The Morgan fingerprint density at radius 2 is 1.25 bits per heavy atom. The summed E-state index contributed by atoms with van der Waals surface area (Å²) in [4.78, 5) is 4.75. The molecule has 0 saturated carbocycles. The molecule has 144 valence electrons. The molecule has 0 unspecified atom stereocenters. The topological polar surface area (TPSA) is 48.4 Å². The number of rotatable bonds is 5. The van der Waals surface area contributed by atoms with Gasteiger partial charge >= 0.3 is 7.60 Å². The molecule has 4 nitrogen and oxygen atoms in total. The van der Waals surface area contributed by atoms with E-state index in [1.165, 1.54) is 10.8 Å². The van der Waals surface area contributed by atoms with Crippen LogP contribution in [0.2, 0.25) is 0 Å². The molecule has 0 bridgehead atoms. The third kappa shape index (κ3) is 2.84. The van der Waals surface area contributed by atoms with Gasteiger partial charge in [-0.2, -0.15) is 0 Å². The summed E-state index contributed by atoms with van der Waals surface area (Å²) in [5.41, 5.74) is 2.10. The van der Waals surface area contributed by atoms with E-state index in [0.717, 1.165) is 32.8 Å². The largest absolute Gasteiger partial charge is 0.379 e. The predicted molar refractivity (Wildman–Crippen MR) is 117 cm³/mol. The van der Waals surface area contributed by atoms with Crippen LogP contribution in [0.5, 0.6) is 0 Å². The molecule has 0 spiro atoms. The smallest absolute Gasteiger partial charge is 0.304 e.